The third-order valence-electron chi connectivity index (χ3n) is 1.74. The van der Waals surface area contributed by atoms with Crippen molar-refractivity contribution in [3.05, 3.63) is 34.1 Å². The molecule has 0 spiro atoms. The first-order chi connectivity index (χ1) is 7.19. The van der Waals surface area contributed by atoms with E-state index in [2.05, 4.69) is 15.9 Å². The van der Waals surface area contributed by atoms with Crippen LogP contribution in [0.3, 0.4) is 0 Å². The summed E-state index contributed by atoms with van der Waals surface area (Å²) in [5.74, 6) is -0.391. The van der Waals surface area contributed by atoms with Crippen LogP contribution in [0.4, 0.5) is 4.39 Å². The van der Waals surface area contributed by atoms with Crippen LogP contribution in [0.15, 0.2) is 22.7 Å². The number of nitrogens with zero attached hydrogens (tertiary/aromatic N) is 1. The Balaban J connectivity index is 2.84. The SMILES string of the molecule is N#CC(OCCO)c1ccc(F)c(Br)c1. The zero-order valence-electron chi connectivity index (χ0n) is 7.78. The van der Waals surface area contributed by atoms with Crippen LogP contribution in [-0.4, -0.2) is 18.3 Å². The summed E-state index contributed by atoms with van der Waals surface area (Å²) in [5.41, 5.74) is 0.555. The highest BCUT2D eigenvalue weighted by atomic mass is 79.9. The van der Waals surface area contributed by atoms with Gasteiger partial charge in [-0.1, -0.05) is 6.07 Å². The lowest BCUT2D eigenvalue weighted by Gasteiger charge is -2.10. The number of halogens is 2. The van der Waals surface area contributed by atoms with Crippen molar-refractivity contribution in [1.82, 2.24) is 0 Å². The Bertz CT molecular complexity index is 378. The van der Waals surface area contributed by atoms with Gasteiger partial charge in [-0.05, 0) is 33.6 Å². The van der Waals surface area contributed by atoms with E-state index in [0.717, 1.165) is 0 Å². The third-order valence-corrected chi connectivity index (χ3v) is 2.35. The van der Waals surface area contributed by atoms with E-state index in [-0.39, 0.29) is 17.7 Å². The molecule has 0 saturated heterocycles. The highest BCUT2D eigenvalue weighted by molar-refractivity contribution is 9.10. The minimum atomic E-state index is -0.783. The summed E-state index contributed by atoms with van der Waals surface area (Å²) in [6.45, 7) is -0.0756. The lowest BCUT2D eigenvalue weighted by atomic mass is 10.1. The van der Waals surface area contributed by atoms with Crippen LogP contribution in [0.5, 0.6) is 0 Å². The van der Waals surface area contributed by atoms with E-state index in [1.54, 1.807) is 0 Å². The van der Waals surface area contributed by atoms with Crippen molar-refractivity contribution in [2.75, 3.05) is 13.2 Å². The topological polar surface area (TPSA) is 53.2 Å². The van der Waals surface area contributed by atoms with E-state index in [1.165, 1.54) is 18.2 Å². The second-order valence-corrected chi connectivity index (χ2v) is 3.63. The highest BCUT2D eigenvalue weighted by Crippen LogP contribution is 2.23. The standard InChI is InChI=1S/C10H9BrFNO2/c11-8-5-7(1-2-9(8)12)10(6-13)15-4-3-14/h1-2,5,10,14H,3-4H2. The molecule has 0 aliphatic carbocycles. The molecule has 0 heterocycles. The maximum absolute atomic E-state index is 12.9. The molecule has 0 aliphatic heterocycles. The predicted octanol–water partition coefficient (Wildman–Crippen LogP) is 2.16. The minimum absolute atomic E-state index is 0.0766. The van der Waals surface area contributed by atoms with Gasteiger partial charge in [0.2, 0.25) is 0 Å². The van der Waals surface area contributed by atoms with Crippen LogP contribution in [0.2, 0.25) is 0 Å². The van der Waals surface area contributed by atoms with E-state index in [4.69, 9.17) is 15.1 Å². The van der Waals surface area contributed by atoms with Crippen molar-refractivity contribution in [1.29, 1.82) is 5.26 Å². The van der Waals surface area contributed by atoms with E-state index in [0.29, 0.717) is 5.56 Å². The Labute approximate surface area is 95.2 Å². The number of aliphatic hydroxyl groups is 1. The van der Waals surface area contributed by atoms with Gasteiger partial charge < -0.3 is 9.84 Å². The number of ether oxygens (including phenoxy) is 1. The summed E-state index contributed by atoms with van der Waals surface area (Å²) < 4.78 is 18.3. The van der Waals surface area contributed by atoms with E-state index >= 15 is 0 Å². The van der Waals surface area contributed by atoms with Gasteiger partial charge in [-0.25, -0.2) is 4.39 Å². The fourth-order valence-electron chi connectivity index (χ4n) is 1.05. The maximum atomic E-state index is 12.9. The van der Waals surface area contributed by atoms with Crippen LogP contribution in [0.1, 0.15) is 11.7 Å². The number of rotatable bonds is 4. The average molecular weight is 274 g/mol. The summed E-state index contributed by atoms with van der Waals surface area (Å²) in [7, 11) is 0. The number of aliphatic hydroxyl groups excluding tert-OH is 1. The lowest BCUT2D eigenvalue weighted by molar-refractivity contribution is 0.0581. The summed E-state index contributed by atoms with van der Waals surface area (Å²) >= 11 is 3.02. The Hall–Kier alpha value is -0.960. The van der Waals surface area contributed by atoms with Crippen molar-refractivity contribution in [2.24, 2.45) is 0 Å². The molecule has 80 valence electrons. The molecule has 5 heteroatoms. The van der Waals surface area contributed by atoms with E-state index in [9.17, 15) is 4.39 Å². The van der Waals surface area contributed by atoms with Crippen LogP contribution in [-0.2, 0) is 4.74 Å². The molecule has 0 saturated carbocycles. The lowest BCUT2D eigenvalue weighted by Crippen LogP contribution is -2.06. The molecule has 0 bridgehead atoms. The van der Waals surface area contributed by atoms with Gasteiger partial charge in [-0.2, -0.15) is 5.26 Å². The summed E-state index contributed by atoms with van der Waals surface area (Å²) in [5, 5.41) is 17.4. The second kappa shape index (κ2) is 5.81. The molecule has 15 heavy (non-hydrogen) atoms. The van der Waals surface area contributed by atoms with E-state index in [1.807, 2.05) is 6.07 Å². The molecule has 0 fully saturated rings. The zero-order chi connectivity index (χ0) is 11.3. The molecule has 0 aromatic heterocycles. The molecule has 1 aromatic rings. The third kappa shape index (κ3) is 3.27. The minimum Gasteiger partial charge on any atom is -0.394 e. The van der Waals surface area contributed by atoms with Crippen molar-refractivity contribution in [3.63, 3.8) is 0 Å². The van der Waals surface area contributed by atoms with Crippen molar-refractivity contribution in [2.45, 2.75) is 6.10 Å². The van der Waals surface area contributed by atoms with Gasteiger partial charge in [0.05, 0.1) is 23.8 Å². The van der Waals surface area contributed by atoms with Gasteiger partial charge in [-0.3, -0.25) is 0 Å². The van der Waals surface area contributed by atoms with Gasteiger partial charge in [0.15, 0.2) is 6.10 Å². The van der Waals surface area contributed by atoms with Crippen molar-refractivity contribution in [3.8, 4) is 6.07 Å². The predicted molar refractivity (Wildman–Crippen MR) is 55.5 cm³/mol. The number of hydrogen-bond donors (Lipinski definition) is 1. The van der Waals surface area contributed by atoms with Crippen molar-refractivity contribution < 1.29 is 14.2 Å². The van der Waals surface area contributed by atoms with Crippen LogP contribution < -0.4 is 0 Å². The van der Waals surface area contributed by atoms with Crippen molar-refractivity contribution >= 4 is 15.9 Å². The normalized spacial score (nSPS) is 12.1. The summed E-state index contributed by atoms with van der Waals surface area (Å²) in [4.78, 5) is 0. The molecule has 0 amide bonds. The average Bonchev–Trinajstić information content (AvgIpc) is 2.24. The largest absolute Gasteiger partial charge is 0.394 e. The first-order valence-electron chi connectivity index (χ1n) is 4.26. The van der Waals surface area contributed by atoms with Crippen LogP contribution in [0, 0.1) is 17.1 Å². The Morgan fingerprint density at radius 3 is 2.87 bits per heavy atom. The van der Waals surface area contributed by atoms with Gasteiger partial charge in [0.1, 0.15) is 5.82 Å². The maximum Gasteiger partial charge on any atom is 0.169 e. The monoisotopic (exact) mass is 273 g/mol. The zero-order valence-corrected chi connectivity index (χ0v) is 9.37. The number of hydrogen-bond acceptors (Lipinski definition) is 3. The Morgan fingerprint density at radius 2 is 2.33 bits per heavy atom. The molecule has 1 unspecified atom stereocenters. The highest BCUT2D eigenvalue weighted by Gasteiger charge is 2.12. The first-order valence-corrected chi connectivity index (χ1v) is 5.05. The van der Waals surface area contributed by atoms with Gasteiger partial charge in [0.25, 0.3) is 0 Å². The molecule has 0 radical (unpaired) electrons. The van der Waals surface area contributed by atoms with Crippen LogP contribution >= 0.6 is 15.9 Å². The summed E-state index contributed by atoms with van der Waals surface area (Å²) in [6, 6.07) is 6.14. The Kier molecular flexibility index (Phi) is 4.69. The molecule has 1 atom stereocenters. The molecule has 1 N–H and O–H groups in total. The molecule has 3 nitrogen and oxygen atoms in total. The molecular formula is C10H9BrFNO2. The van der Waals surface area contributed by atoms with Gasteiger partial charge in [0, 0.05) is 0 Å². The van der Waals surface area contributed by atoms with Gasteiger partial charge >= 0.3 is 0 Å². The summed E-state index contributed by atoms with van der Waals surface area (Å²) in [6.07, 6.45) is -0.783. The Morgan fingerprint density at radius 1 is 1.60 bits per heavy atom. The number of benzene rings is 1. The fraction of sp³-hybridized carbons (Fsp3) is 0.300. The first kappa shape index (κ1) is 12.1. The van der Waals surface area contributed by atoms with Gasteiger partial charge in [-0.15, -0.1) is 0 Å². The number of nitriles is 1. The quantitative estimate of drug-likeness (QED) is 0.915. The molecule has 1 rings (SSSR count). The van der Waals surface area contributed by atoms with Crippen LogP contribution in [0.25, 0.3) is 0 Å². The molecule has 1 aromatic carbocycles. The smallest absolute Gasteiger partial charge is 0.169 e. The molecule has 0 aliphatic rings. The van der Waals surface area contributed by atoms with E-state index < -0.39 is 11.9 Å². The fourth-order valence-corrected chi connectivity index (χ4v) is 1.45. The molecular weight excluding hydrogens is 265 g/mol. The second-order valence-electron chi connectivity index (χ2n) is 2.78.